The van der Waals surface area contributed by atoms with Crippen molar-refractivity contribution in [3.63, 3.8) is 0 Å². The van der Waals surface area contributed by atoms with E-state index in [1.165, 1.54) is 6.92 Å². The van der Waals surface area contributed by atoms with Crippen LogP contribution in [-0.4, -0.2) is 83.6 Å². The molecule has 3 atom stereocenters. The monoisotopic (exact) mass is 666 g/mol. The molecule has 2 aromatic carbocycles. The van der Waals surface area contributed by atoms with Gasteiger partial charge in [0.15, 0.2) is 0 Å². The number of fused-ring (bicyclic) bond motifs is 3. The number of hydrogen-bond donors (Lipinski definition) is 6. The van der Waals surface area contributed by atoms with Gasteiger partial charge in [0, 0.05) is 19.4 Å². The Morgan fingerprint density at radius 3 is 2.02 bits per heavy atom. The lowest BCUT2D eigenvalue weighted by Gasteiger charge is -2.32. The van der Waals surface area contributed by atoms with Crippen molar-refractivity contribution in [3.05, 3.63) is 59.7 Å². The van der Waals surface area contributed by atoms with Crippen molar-refractivity contribution >= 4 is 35.8 Å². The molecule has 2 aromatic rings. The van der Waals surface area contributed by atoms with Crippen LogP contribution in [0, 0.1) is 5.92 Å². The van der Waals surface area contributed by atoms with Gasteiger partial charge in [-0.3, -0.25) is 14.4 Å². The van der Waals surface area contributed by atoms with Crippen molar-refractivity contribution in [1.29, 1.82) is 0 Å². The molecule has 14 heteroatoms. The molecular weight excluding hydrogens is 620 g/mol. The molecule has 0 saturated carbocycles. The van der Waals surface area contributed by atoms with E-state index in [0.717, 1.165) is 22.3 Å². The smallest absolute Gasteiger partial charge is 0.407 e. The van der Waals surface area contributed by atoms with Crippen LogP contribution < -0.4 is 27.4 Å². The van der Waals surface area contributed by atoms with Gasteiger partial charge >= 0.3 is 18.1 Å². The minimum atomic E-state index is -1.56. The van der Waals surface area contributed by atoms with E-state index in [-0.39, 0.29) is 44.9 Å². The van der Waals surface area contributed by atoms with Crippen LogP contribution in [0.4, 0.5) is 9.59 Å². The first-order valence-electron chi connectivity index (χ1n) is 16.1. The molecular formula is C34H46N6O8. The highest BCUT2D eigenvalue weighted by atomic mass is 16.5. The van der Waals surface area contributed by atoms with E-state index in [1.54, 1.807) is 13.8 Å². The lowest BCUT2D eigenvalue weighted by atomic mass is 9.98. The molecule has 0 bridgehead atoms. The van der Waals surface area contributed by atoms with Crippen LogP contribution in [0.2, 0.25) is 0 Å². The summed E-state index contributed by atoms with van der Waals surface area (Å²) in [4.78, 5) is 75.7. The fraction of sp³-hybridized carbons (Fsp3) is 0.471. The Bertz CT molecular complexity index is 1440. The van der Waals surface area contributed by atoms with Gasteiger partial charge in [0.05, 0.1) is 0 Å². The Hall–Kier alpha value is -4.98. The van der Waals surface area contributed by atoms with Gasteiger partial charge in [-0.2, -0.15) is 0 Å². The van der Waals surface area contributed by atoms with E-state index < -0.39 is 59.9 Å². The molecule has 14 nitrogen and oxygen atoms in total. The summed E-state index contributed by atoms with van der Waals surface area (Å²) in [6, 6.07) is 10.9. The van der Waals surface area contributed by atoms with Crippen LogP contribution in [0.15, 0.2) is 48.5 Å². The molecule has 0 radical (unpaired) electrons. The van der Waals surface area contributed by atoms with Gasteiger partial charge in [-0.25, -0.2) is 19.3 Å². The highest BCUT2D eigenvalue weighted by molar-refractivity contribution is 6.02. The number of urea groups is 1. The number of hydrogen-bond acceptors (Lipinski definition) is 8. The maximum absolute atomic E-state index is 13.4. The number of imide groups is 1. The van der Waals surface area contributed by atoms with Crippen LogP contribution in [0.5, 0.6) is 0 Å². The van der Waals surface area contributed by atoms with Gasteiger partial charge in [0.2, 0.25) is 11.8 Å². The number of aliphatic carboxylic acids is 1. The maximum Gasteiger partial charge on any atom is 0.407 e. The third-order valence-electron chi connectivity index (χ3n) is 8.21. The molecule has 0 heterocycles. The predicted molar refractivity (Wildman–Crippen MR) is 177 cm³/mol. The van der Waals surface area contributed by atoms with Crippen molar-refractivity contribution in [2.75, 3.05) is 19.7 Å². The van der Waals surface area contributed by atoms with Crippen LogP contribution in [0.25, 0.3) is 11.1 Å². The minimum absolute atomic E-state index is 0.0716. The fourth-order valence-corrected chi connectivity index (χ4v) is 5.83. The third-order valence-corrected chi connectivity index (χ3v) is 8.21. The van der Waals surface area contributed by atoms with E-state index in [0.29, 0.717) is 17.7 Å². The number of rotatable bonds is 17. The van der Waals surface area contributed by atoms with Crippen molar-refractivity contribution < 1.29 is 38.6 Å². The molecule has 0 saturated heterocycles. The second kappa shape index (κ2) is 17.8. The lowest BCUT2D eigenvalue weighted by molar-refractivity contribution is -0.149. The highest BCUT2D eigenvalue weighted by Crippen LogP contribution is 2.44. The topological polar surface area (TPSA) is 223 Å². The van der Waals surface area contributed by atoms with Gasteiger partial charge in [-0.15, -0.1) is 0 Å². The molecule has 0 aromatic heterocycles. The minimum Gasteiger partial charge on any atom is -0.480 e. The number of amides is 6. The Morgan fingerprint density at radius 1 is 0.896 bits per heavy atom. The van der Waals surface area contributed by atoms with Gasteiger partial charge < -0.3 is 37.3 Å². The van der Waals surface area contributed by atoms with E-state index in [9.17, 15) is 33.9 Å². The normalized spacial score (nSPS) is 13.8. The van der Waals surface area contributed by atoms with Gasteiger partial charge in [0.25, 0.3) is 5.91 Å². The van der Waals surface area contributed by atoms with Crippen molar-refractivity contribution in [3.8, 4) is 11.1 Å². The Labute approximate surface area is 279 Å². The number of carbonyl (C=O) groups is 6. The molecule has 0 spiro atoms. The molecule has 3 rings (SSSR count). The quantitative estimate of drug-likeness (QED) is 0.136. The second-order valence-electron chi connectivity index (χ2n) is 12.1. The molecule has 8 N–H and O–H groups in total. The summed E-state index contributed by atoms with van der Waals surface area (Å²) in [6.45, 7) is 5.03. The molecule has 1 aliphatic carbocycles. The number of carbonyl (C=O) groups excluding carboxylic acids is 5. The number of benzene rings is 2. The molecule has 1 aliphatic rings. The number of primary amides is 1. The van der Waals surface area contributed by atoms with E-state index in [4.69, 9.17) is 16.2 Å². The summed E-state index contributed by atoms with van der Waals surface area (Å²) in [5.74, 6) is -4.23. The standard InChI is InChI=1S/C34H46N6O8/c1-20(2)29(31(43)40(33(36)46)28(32(44)45)16-10-17-35)39-30(42)27(38-21(3)41)15-8-9-18-37-34(47)48-19-26-24-13-6-4-11-22(24)23-12-5-7-14-25(23)26/h4-7,11-14,20,26-29H,8-10,15-19,35H2,1-3H3,(H2,36,46)(H,37,47)(H,38,41)(H,39,42)(H,44,45)/t27-,28-,29-/m0/s1. The fourth-order valence-electron chi connectivity index (χ4n) is 5.83. The molecule has 48 heavy (non-hydrogen) atoms. The zero-order valence-electron chi connectivity index (χ0n) is 27.6. The summed E-state index contributed by atoms with van der Waals surface area (Å²) < 4.78 is 5.55. The van der Waals surface area contributed by atoms with Crippen molar-refractivity contribution in [1.82, 2.24) is 20.9 Å². The maximum atomic E-state index is 13.4. The number of alkyl carbamates (subject to hydrolysis) is 1. The highest BCUT2D eigenvalue weighted by Gasteiger charge is 2.39. The molecule has 6 amide bonds. The summed E-state index contributed by atoms with van der Waals surface area (Å²) in [7, 11) is 0. The zero-order valence-corrected chi connectivity index (χ0v) is 27.6. The first-order valence-corrected chi connectivity index (χ1v) is 16.1. The van der Waals surface area contributed by atoms with Gasteiger partial charge in [-0.1, -0.05) is 62.4 Å². The average molecular weight is 667 g/mol. The van der Waals surface area contributed by atoms with Crippen molar-refractivity contribution in [2.24, 2.45) is 17.4 Å². The van der Waals surface area contributed by atoms with Gasteiger partial charge in [-0.05, 0) is 66.8 Å². The average Bonchev–Trinajstić information content (AvgIpc) is 3.36. The van der Waals surface area contributed by atoms with Crippen LogP contribution >= 0.6 is 0 Å². The summed E-state index contributed by atoms with van der Waals surface area (Å²) in [5, 5.41) is 17.5. The molecule has 0 aliphatic heterocycles. The molecule has 0 unspecified atom stereocenters. The number of ether oxygens (including phenoxy) is 1. The summed E-state index contributed by atoms with van der Waals surface area (Å²) in [5.41, 5.74) is 15.4. The number of nitrogens with one attached hydrogen (secondary N) is 3. The SMILES string of the molecule is CC(=O)N[C@@H](CCCCNC(=O)OCC1c2ccccc2-c2ccccc21)C(=O)N[C@H](C(=O)N(C(N)=O)[C@@H](CCCN)C(=O)O)C(C)C. The summed E-state index contributed by atoms with van der Waals surface area (Å²) in [6.07, 6.45) is 0.569. The molecule has 0 fully saturated rings. The number of nitrogens with zero attached hydrogens (tertiary/aromatic N) is 1. The molecule has 260 valence electrons. The Balaban J connectivity index is 1.54. The first-order chi connectivity index (χ1) is 22.9. The largest absolute Gasteiger partial charge is 0.480 e. The Morgan fingerprint density at radius 2 is 1.50 bits per heavy atom. The van der Waals surface area contributed by atoms with E-state index in [2.05, 4.69) is 28.1 Å². The van der Waals surface area contributed by atoms with E-state index >= 15 is 0 Å². The van der Waals surface area contributed by atoms with Crippen LogP contribution in [0.3, 0.4) is 0 Å². The van der Waals surface area contributed by atoms with Crippen molar-refractivity contribution in [2.45, 2.75) is 76.9 Å². The number of nitrogens with two attached hydrogens (primary N) is 2. The number of carboxylic acids is 1. The number of carboxylic acid groups (broad SMARTS) is 1. The first kappa shape index (κ1) is 37.5. The Kier molecular flexibility index (Phi) is 13.9. The van der Waals surface area contributed by atoms with E-state index in [1.807, 2.05) is 36.4 Å². The third kappa shape index (κ3) is 9.77. The second-order valence-corrected chi connectivity index (χ2v) is 12.1. The van der Waals surface area contributed by atoms with Gasteiger partial charge in [0.1, 0.15) is 24.7 Å². The predicted octanol–water partition coefficient (Wildman–Crippen LogP) is 2.44. The lowest BCUT2D eigenvalue weighted by Crippen LogP contribution is -2.60. The summed E-state index contributed by atoms with van der Waals surface area (Å²) >= 11 is 0. The number of unbranched alkanes of at least 4 members (excludes halogenated alkanes) is 1. The zero-order chi connectivity index (χ0) is 35.4. The van der Waals surface area contributed by atoms with Crippen LogP contribution in [0.1, 0.15) is 69.9 Å². The van der Waals surface area contributed by atoms with Crippen LogP contribution in [-0.2, 0) is 23.9 Å².